The number of anilines is 1. The number of nitrogens with zero attached hydrogens (tertiary/aromatic N) is 2. The first-order valence-electron chi connectivity index (χ1n) is 5.74. The summed E-state index contributed by atoms with van der Waals surface area (Å²) in [5.74, 6) is 0. The Balaban J connectivity index is 2.68. The van der Waals surface area contributed by atoms with E-state index in [1.807, 2.05) is 19.0 Å². The normalized spacial score (nSPS) is 11.8. The van der Waals surface area contributed by atoms with Crippen LogP contribution in [-0.4, -0.2) is 52.5 Å². The second-order valence-corrected chi connectivity index (χ2v) is 5.84. The molecule has 1 heterocycles. The van der Waals surface area contributed by atoms with Crippen LogP contribution in [0.5, 0.6) is 0 Å². The fourth-order valence-corrected chi connectivity index (χ4v) is 2.67. The van der Waals surface area contributed by atoms with Gasteiger partial charge in [-0.3, -0.25) is 0 Å². The van der Waals surface area contributed by atoms with Crippen LogP contribution in [0.2, 0.25) is 0 Å². The van der Waals surface area contributed by atoms with Crippen molar-refractivity contribution >= 4 is 15.7 Å². The molecule has 1 aromatic rings. The smallest absolute Gasteiger partial charge is 0.260 e. The minimum Gasteiger partial charge on any atom is -0.386 e. The van der Waals surface area contributed by atoms with Crippen LogP contribution in [0.15, 0.2) is 23.4 Å². The molecule has 7 heteroatoms. The van der Waals surface area contributed by atoms with Crippen LogP contribution in [0.1, 0.15) is 6.42 Å². The maximum Gasteiger partial charge on any atom is 0.260 e. The monoisotopic (exact) mass is 272 g/mol. The highest BCUT2D eigenvalue weighted by atomic mass is 32.2. The van der Waals surface area contributed by atoms with Gasteiger partial charge in [0, 0.05) is 19.8 Å². The predicted molar refractivity (Wildman–Crippen MR) is 72.1 cm³/mol. The molecule has 6 nitrogen and oxygen atoms in total. The lowest BCUT2D eigenvalue weighted by molar-refractivity contribution is 0.400. The molecule has 0 aliphatic rings. The molecule has 0 saturated carbocycles. The zero-order chi connectivity index (χ0) is 13.6. The van der Waals surface area contributed by atoms with Crippen molar-refractivity contribution in [3.05, 3.63) is 18.3 Å². The lowest BCUT2D eigenvalue weighted by Crippen LogP contribution is -2.28. The molecule has 0 unspecified atom stereocenters. The van der Waals surface area contributed by atoms with E-state index in [0.717, 1.165) is 13.0 Å². The van der Waals surface area contributed by atoms with Gasteiger partial charge in [0.1, 0.15) is 0 Å². The second kappa shape index (κ2) is 6.67. The summed E-state index contributed by atoms with van der Waals surface area (Å²) in [4.78, 5) is 5.92. The minimum atomic E-state index is -3.54. The van der Waals surface area contributed by atoms with Gasteiger partial charge in [-0.25, -0.2) is 18.1 Å². The molecule has 0 aromatic carbocycles. The number of aromatic nitrogens is 1. The molecular formula is C11H20N4O2S. The summed E-state index contributed by atoms with van der Waals surface area (Å²) < 4.78 is 26.6. The highest BCUT2D eigenvalue weighted by Crippen LogP contribution is 2.16. The second-order valence-electron chi connectivity index (χ2n) is 4.16. The lowest BCUT2D eigenvalue weighted by atomic mass is 10.4. The van der Waals surface area contributed by atoms with Crippen LogP contribution in [0.25, 0.3) is 0 Å². The predicted octanol–water partition coefficient (Wildman–Crippen LogP) is 0.353. The van der Waals surface area contributed by atoms with Crippen LogP contribution in [-0.2, 0) is 10.0 Å². The van der Waals surface area contributed by atoms with Gasteiger partial charge in [0.2, 0.25) is 0 Å². The van der Waals surface area contributed by atoms with Crippen molar-refractivity contribution in [1.29, 1.82) is 0 Å². The van der Waals surface area contributed by atoms with Crippen LogP contribution in [0.4, 0.5) is 5.69 Å². The molecular weight excluding hydrogens is 252 g/mol. The summed E-state index contributed by atoms with van der Waals surface area (Å²) in [6.07, 6.45) is 2.23. The zero-order valence-electron chi connectivity index (χ0n) is 11.0. The molecule has 0 aliphatic carbocycles. The molecule has 0 saturated heterocycles. The van der Waals surface area contributed by atoms with Gasteiger partial charge in [0.25, 0.3) is 10.0 Å². The van der Waals surface area contributed by atoms with Gasteiger partial charge in [0.05, 0.1) is 5.69 Å². The van der Waals surface area contributed by atoms with E-state index in [4.69, 9.17) is 0 Å². The van der Waals surface area contributed by atoms with Gasteiger partial charge >= 0.3 is 0 Å². The van der Waals surface area contributed by atoms with E-state index >= 15 is 0 Å². The molecule has 0 bridgehead atoms. The van der Waals surface area contributed by atoms with Crippen molar-refractivity contribution < 1.29 is 8.42 Å². The number of rotatable bonds is 7. The molecule has 102 valence electrons. The summed E-state index contributed by atoms with van der Waals surface area (Å²) in [7, 11) is 2.03. The molecule has 18 heavy (non-hydrogen) atoms. The van der Waals surface area contributed by atoms with E-state index in [2.05, 4.69) is 15.0 Å². The molecule has 0 atom stereocenters. The average Bonchev–Trinajstić information content (AvgIpc) is 2.34. The van der Waals surface area contributed by atoms with Gasteiger partial charge in [-0.15, -0.1) is 0 Å². The Morgan fingerprint density at radius 1 is 1.39 bits per heavy atom. The van der Waals surface area contributed by atoms with E-state index in [1.165, 1.54) is 6.20 Å². The molecule has 2 N–H and O–H groups in total. The van der Waals surface area contributed by atoms with Crippen LogP contribution in [0, 0.1) is 0 Å². The zero-order valence-corrected chi connectivity index (χ0v) is 11.8. The highest BCUT2D eigenvalue weighted by molar-refractivity contribution is 7.89. The number of pyridine rings is 1. The molecule has 1 aromatic heterocycles. The summed E-state index contributed by atoms with van der Waals surface area (Å²) in [6.45, 7) is 1.24. The lowest BCUT2D eigenvalue weighted by Gasteiger charge is -2.11. The summed E-state index contributed by atoms with van der Waals surface area (Å²) in [5.41, 5.74) is 0.498. The van der Waals surface area contributed by atoms with Gasteiger partial charge in [0.15, 0.2) is 5.03 Å². The molecule has 0 radical (unpaired) electrons. The molecule has 0 spiro atoms. The third-order valence-electron chi connectivity index (χ3n) is 2.37. The van der Waals surface area contributed by atoms with E-state index < -0.39 is 10.0 Å². The summed E-state index contributed by atoms with van der Waals surface area (Å²) in [5, 5.41) is 2.86. The van der Waals surface area contributed by atoms with Crippen molar-refractivity contribution in [2.24, 2.45) is 0 Å². The standard InChI is InChI=1S/C11H20N4O2S/c1-12-10-6-4-7-13-11(10)18(16,17)14-8-5-9-15(2)3/h4,6-7,12,14H,5,8-9H2,1-3H3. The Morgan fingerprint density at radius 3 is 2.72 bits per heavy atom. The topological polar surface area (TPSA) is 74.3 Å². The quantitative estimate of drug-likeness (QED) is 0.701. The van der Waals surface area contributed by atoms with Gasteiger partial charge in [-0.1, -0.05) is 0 Å². The first-order valence-corrected chi connectivity index (χ1v) is 7.23. The summed E-state index contributed by atoms with van der Waals surface area (Å²) in [6, 6.07) is 3.37. The van der Waals surface area contributed by atoms with Crippen LogP contribution in [0.3, 0.4) is 0 Å². The fourth-order valence-electron chi connectivity index (χ4n) is 1.47. The third-order valence-corrected chi connectivity index (χ3v) is 3.79. The number of nitrogens with one attached hydrogen (secondary N) is 2. The first-order chi connectivity index (χ1) is 8.47. The fraction of sp³-hybridized carbons (Fsp3) is 0.545. The Kier molecular flexibility index (Phi) is 5.52. The molecule has 0 aliphatic heterocycles. The highest BCUT2D eigenvalue weighted by Gasteiger charge is 2.18. The number of hydrogen-bond donors (Lipinski definition) is 2. The largest absolute Gasteiger partial charge is 0.386 e. The van der Waals surface area contributed by atoms with Crippen molar-refractivity contribution in [1.82, 2.24) is 14.6 Å². The van der Waals surface area contributed by atoms with Gasteiger partial charge < -0.3 is 10.2 Å². The van der Waals surface area contributed by atoms with Crippen LogP contribution < -0.4 is 10.0 Å². The maximum atomic E-state index is 12.0. The Bertz CT molecular complexity index is 474. The Hall–Kier alpha value is -1.18. The van der Waals surface area contributed by atoms with E-state index in [9.17, 15) is 8.42 Å². The number of sulfonamides is 1. The SMILES string of the molecule is CNc1cccnc1S(=O)(=O)NCCCN(C)C. The average molecular weight is 272 g/mol. The molecule has 1 rings (SSSR count). The van der Waals surface area contributed by atoms with Crippen LogP contribution >= 0.6 is 0 Å². The van der Waals surface area contributed by atoms with Crippen molar-refractivity contribution in [3.63, 3.8) is 0 Å². The minimum absolute atomic E-state index is 0.0392. The van der Waals surface area contributed by atoms with Crippen molar-refractivity contribution in [2.45, 2.75) is 11.4 Å². The van der Waals surface area contributed by atoms with Gasteiger partial charge in [-0.2, -0.15) is 0 Å². The van der Waals surface area contributed by atoms with E-state index in [0.29, 0.717) is 12.2 Å². The van der Waals surface area contributed by atoms with E-state index in [1.54, 1.807) is 19.2 Å². The van der Waals surface area contributed by atoms with Crippen molar-refractivity contribution in [3.8, 4) is 0 Å². The number of hydrogen-bond acceptors (Lipinski definition) is 5. The molecule has 0 amide bonds. The Labute approximate surface area is 108 Å². The third kappa shape index (κ3) is 4.25. The Morgan fingerprint density at radius 2 is 2.11 bits per heavy atom. The summed E-state index contributed by atoms with van der Waals surface area (Å²) >= 11 is 0. The first kappa shape index (κ1) is 14.9. The van der Waals surface area contributed by atoms with Gasteiger partial charge in [-0.05, 0) is 39.2 Å². The van der Waals surface area contributed by atoms with E-state index in [-0.39, 0.29) is 5.03 Å². The van der Waals surface area contributed by atoms with Crippen molar-refractivity contribution in [2.75, 3.05) is 39.5 Å². The molecule has 0 fully saturated rings. The maximum absolute atomic E-state index is 12.0.